The van der Waals surface area contributed by atoms with Crippen molar-refractivity contribution in [3.8, 4) is 11.5 Å². The predicted octanol–water partition coefficient (Wildman–Crippen LogP) is 4.17. The number of amidine groups is 1. The molecule has 0 unspecified atom stereocenters. The van der Waals surface area contributed by atoms with E-state index in [4.69, 9.17) is 21.1 Å². The molecule has 0 fully saturated rings. The van der Waals surface area contributed by atoms with Gasteiger partial charge in [-0.05, 0) is 29.8 Å². The average molecular weight is 423 g/mol. The average Bonchev–Trinajstić information content (AvgIpc) is 3.16. The molecular formula is C20H20ClFN2O3S. The fourth-order valence-electron chi connectivity index (χ4n) is 2.85. The van der Waals surface area contributed by atoms with Crippen LogP contribution in [0.15, 0.2) is 41.4 Å². The van der Waals surface area contributed by atoms with E-state index in [1.807, 2.05) is 6.07 Å². The van der Waals surface area contributed by atoms with E-state index in [-0.39, 0.29) is 18.1 Å². The Hall–Kier alpha value is -2.25. The fourth-order valence-corrected chi connectivity index (χ4v) is 4.26. The van der Waals surface area contributed by atoms with Crippen LogP contribution in [0.25, 0.3) is 0 Å². The summed E-state index contributed by atoms with van der Waals surface area (Å²) in [6, 6.07) is 9.98. The van der Waals surface area contributed by atoms with Gasteiger partial charge in [-0.25, -0.2) is 4.39 Å². The molecule has 0 aliphatic carbocycles. The van der Waals surface area contributed by atoms with Crippen molar-refractivity contribution in [3.63, 3.8) is 0 Å². The summed E-state index contributed by atoms with van der Waals surface area (Å²) in [7, 11) is 3.12. The molecule has 8 heteroatoms. The van der Waals surface area contributed by atoms with Crippen molar-refractivity contribution in [2.75, 3.05) is 27.3 Å². The smallest absolute Gasteiger partial charge is 0.233 e. The van der Waals surface area contributed by atoms with E-state index in [2.05, 4.69) is 4.99 Å². The quantitative estimate of drug-likeness (QED) is 0.701. The number of carbonyl (C=O) groups excluding carboxylic acids is 1. The summed E-state index contributed by atoms with van der Waals surface area (Å²) in [6.07, 6.45) is 0.209. The lowest BCUT2D eigenvalue weighted by Gasteiger charge is -2.18. The first-order chi connectivity index (χ1) is 13.5. The van der Waals surface area contributed by atoms with Crippen molar-refractivity contribution in [2.24, 2.45) is 4.99 Å². The van der Waals surface area contributed by atoms with Crippen LogP contribution in [0, 0.1) is 5.82 Å². The van der Waals surface area contributed by atoms with E-state index in [9.17, 15) is 9.18 Å². The van der Waals surface area contributed by atoms with Crippen molar-refractivity contribution >= 4 is 34.4 Å². The minimum absolute atomic E-state index is 0.0735. The molecule has 28 heavy (non-hydrogen) atoms. The first-order valence-electron chi connectivity index (χ1n) is 8.65. The Morgan fingerprint density at radius 1 is 1.25 bits per heavy atom. The zero-order valence-electron chi connectivity index (χ0n) is 15.6. The van der Waals surface area contributed by atoms with E-state index in [1.165, 1.54) is 17.8 Å². The molecule has 0 radical (unpaired) electrons. The summed E-state index contributed by atoms with van der Waals surface area (Å²) >= 11 is 7.39. The molecule has 0 saturated heterocycles. The molecule has 3 rings (SSSR count). The number of amides is 1. The summed E-state index contributed by atoms with van der Waals surface area (Å²) in [5.41, 5.74) is 1.23. The molecule has 1 aliphatic rings. The molecule has 0 N–H and O–H groups in total. The third-order valence-corrected chi connectivity index (χ3v) is 5.71. The molecule has 5 nitrogen and oxygen atoms in total. The van der Waals surface area contributed by atoms with Crippen molar-refractivity contribution < 1.29 is 18.7 Å². The largest absolute Gasteiger partial charge is 0.493 e. The van der Waals surface area contributed by atoms with Gasteiger partial charge in [0.1, 0.15) is 5.82 Å². The Labute approximate surface area is 172 Å². The van der Waals surface area contributed by atoms with Crippen LogP contribution in [0.5, 0.6) is 11.5 Å². The maximum atomic E-state index is 14.0. The molecule has 0 aromatic heterocycles. The molecule has 1 amide bonds. The van der Waals surface area contributed by atoms with Gasteiger partial charge in [0.2, 0.25) is 5.91 Å². The number of benzene rings is 2. The molecule has 0 spiro atoms. The van der Waals surface area contributed by atoms with Gasteiger partial charge >= 0.3 is 0 Å². The van der Waals surface area contributed by atoms with E-state index in [0.29, 0.717) is 46.1 Å². The number of thioether (sulfide) groups is 1. The van der Waals surface area contributed by atoms with Crippen molar-refractivity contribution in [1.29, 1.82) is 0 Å². The van der Waals surface area contributed by atoms with Crippen molar-refractivity contribution in [3.05, 3.63) is 58.4 Å². The number of nitrogens with zero attached hydrogens (tertiary/aromatic N) is 2. The number of rotatable bonds is 6. The van der Waals surface area contributed by atoms with Gasteiger partial charge < -0.3 is 9.47 Å². The highest BCUT2D eigenvalue weighted by Gasteiger charge is 2.25. The van der Waals surface area contributed by atoms with Crippen LogP contribution in [0.1, 0.15) is 11.1 Å². The number of aliphatic imine (C=N–C) groups is 1. The Balaban J connectivity index is 1.66. The van der Waals surface area contributed by atoms with Gasteiger partial charge in [-0.3, -0.25) is 14.7 Å². The van der Waals surface area contributed by atoms with Crippen molar-refractivity contribution in [2.45, 2.75) is 12.2 Å². The second-order valence-corrected chi connectivity index (χ2v) is 7.41. The lowest BCUT2D eigenvalue weighted by Crippen LogP contribution is -2.34. The highest BCUT2D eigenvalue weighted by Crippen LogP contribution is 2.29. The molecule has 2 aromatic rings. The molecule has 0 saturated carbocycles. The maximum Gasteiger partial charge on any atom is 0.233 e. The molecule has 0 bridgehead atoms. The minimum Gasteiger partial charge on any atom is -0.493 e. The van der Waals surface area contributed by atoms with Gasteiger partial charge in [-0.1, -0.05) is 35.5 Å². The zero-order valence-corrected chi connectivity index (χ0v) is 17.1. The molecule has 1 aliphatic heterocycles. The van der Waals surface area contributed by atoms with Gasteiger partial charge in [0.05, 0.1) is 27.2 Å². The van der Waals surface area contributed by atoms with E-state index in [0.717, 1.165) is 5.56 Å². The van der Waals surface area contributed by atoms with Crippen molar-refractivity contribution in [1.82, 2.24) is 4.90 Å². The number of hydrogen-bond acceptors (Lipinski definition) is 5. The van der Waals surface area contributed by atoms with E-state index < -0.39 is 0 Å². The molecule has 2 aromatic carbocycles. The van der Waals surface area contributed by atoms with Gasteiger partial charge in [0, 0.05) is 22.9 Å². The molecule has 148 valence electrons. The molecule has 0 atom stereocenters. The maximum absolute atomic E-state index is 14.0. The summed E-state index contributed by atoms with van der Waals surface area (Å²) in [5.74, 6) is 1.06. The Morgan fingerprint density at radius 2 is 2.04 bits per heavy atom. The number of methoxy groups -OCH3 is 2. The van der Waals surface area contributed by atoms with Crippen LogP contribution in [0.2, 0.25) is 5.02 Å². The zero-order chi connectivity index (χ0) is 20.1. The third kappa shape index (κ3) is 4.59. The standard InChI is InChI=1S/C20H20ClFN2O3S/c1-26-17-7-6-13(10-18(17)27-2)11-19(25)24-9-8-23-20(24)28-12-14-15(21)4-3-5-16(14)22/h3-7,10H,8-9,11-12H2,1-2H3. The van der Waals surface area contributed by atoms with Gasteiger partial charge in [0.15, 0.2) is 16.7 Å². The summed E-state index contributed by atoms with van der Waals surface area (Å²) < 4.78 is 24.5. The van der Waals surface area contributed by atoms with Crippen LogP contribution in [0.3, 0.4) is 0 Å². The van der Waals surface area contributed by atoms with Crippen LogP contribution in [-0.4, -0.2) is 43.3 Å². The SMILES string of the molecule is COc1ccc(CC(=O)N2CCN=C2SCc2c(F)cccc2Cl)cc1OC. The summed E-state index contributed by atoms with van der Waals surface area (Å²) in [6.45, 7) is 1.05. The predicted molar refractivity (Wildman–Crippen MR) is 110 cm³/mol. The van der Waals surface area contributed by atoms with E-state index >= 15 is 0 Å². The van der Waals surface area contributed by atoms with Crippen LogP contribution in [-0.2, 0) is 17.0 Å². The molecular weight excluding hydrogens is 403 g/mol. The Kier molecular flexibility index (Phi) is 6.80. The normalized spacial score (nSPS) is 13.4. The first kappa shape index (κ1) is 20.5. The number of hydrogen-bond donors (Lipinski definition) is 0. The number of carbonyl (C=O) groups is 1. The van der Waals surface area contributed by atoms with Crippen LogP contribution < -0.4 is 9.47 Å². The molecule has 1 heterocycles. The summed E-state index contributed by atoms with van der Waals surface area (Å²) in [4.78, 5) is 18.8. The number of ether oxygens (including phenoxy) is 2. The Morgan fingerprint density at radius 3 is 2.75 bits per heavy atom. The number of halogens is 2. The van der Waals surface area contributed by atoms with Crippen LogP contribution in [0.4, 0.5) is 4.39 Å². The second kappa shape index (κ2) is 9.30. The van der Waals surface area contributed by atoms with E-state index in [1.54, 1.807) is 43.4 Å². The fraction of sp³-hybridized carbons (Fsp3) is 0.300. The first-order valence-corrected chi connectivity index (χ1v) is 10.0. The minimum atomic E-state index is -0.359. The lowest BCUT2D eigenvalue weighted by atomic mass is 10.1. The van der Waals surface area contributed by atoms with Crippen LogP contribution >= 0.6 is 23.4 Å². The highest BCUT2D eigenvalue weighted by molar-refractivity contribution is 8.13. The third-order valence-electron chi connectivity index (χ3n) is 4.31. The highest BCUT2D eigenvalue weighted by atomic mass is 35.5. The lowest BCUT2D eigenvalue weighted by molar-refractivity contribution is -0.126. The van der Waals surface area contributed by atoms with Gasteiger partial charge in [-0.2, -0.15) is 0 Å². The monoisotopic (exact) mass is 422 g/mol. The Bertz CT molecular complexity index is 887. The van der Waals surface area contributed by atoms with Gasteiger partial charge in [0.25, 0.3) is 0 Å². The topological polar surface area (TPSA) is 51.1 Å². The van der Waals surface area contributed by atoms with Gasteiger partial charge in [-0.15, -0.1) is 0 Å². The summed E-state index contributed by atoms with van der Waals surface area (Å²) in [5, 5.41) is 0.957. The second-order valence-electron chi connectivity index (χ2n) is 6.06.